The molecular formula is C16H17ClN2. The van der Waals surface area contributed by atoms with Crippen molar-refractivity contribution >= 4 is 17.3 Å². The van der Waals surface area contributed by atoms with Crippen molar-refractivity contribution in [2.45, 2.75) is 19.5 Å². The molecule has 1 aliphatic rings. The molecule has 0 bridgehead atoms. The largest absolute Gasteiger partial charge is 0.398 e. The smallest absolute Gasteiger partial charge is 0.0406 e. The fourth-order valence-corrected chi connectivity index (χ4v) is 2.81. The SMILES string of the molecule is Nc1cccc2c1CCN(Cc1ccc(Cl)cc1)C2. The van der Waals surface area contributed by atoms with E-state index >= 15 is 0 Å². The lowest BCUT2D eigenvalue weighted by Crippen LogP contribution is -2.30. The Hall–Kier alpha value is -1.51. The van der Waals surface area contributed by atoms with Gasteiger partial charge in [0, 0.05) is 30.3 Å². The Kier molecular flexibility index (Phi) is 3.45. The van der Waals surface area contributed by atoms with E-state index in [-0.39, 0.29) is 0 Å². The van der Waals surface area contributed by atoms with Gasteiger partial charge in [0.15, 0.2) is 0 Å². The molecule has 0 fully saturated rings. The highest BCUT2D eigenvalue weighted by Crippen LogP contribution is 2.25. The summed E-state index contributed by atoms with van der Waals surface area (Å²) < 4.78 is 0. The molecule has 1 aliphatic heterocycles. The number of fused-ring (bicyclic) bond motifs is 1. The van der Waals surface area contributed by atoms with Crippen molar-refractivity contribution < 1.29 is 0 Å². The molecule has 2 N–H and O–H groups in total. The summed E-state index contributed by atoms with van der Waals surface area (Å²) in [6.07, 6.45) is 1.04. The maximum Gasteiger partial charge on any atom is 0.0406 e. The van der Waals surface area contributed by atoms with E-state index in [4.69, 9.17) is 17.3 Å². The first kappa shape index (κ1) is 12.5. The van der Waals surface area contributed by atoms with Crippen LogP contribution in [0.3, 0.4) is 0 Å². The molecule has 0 saturated carbocycles. The minimum atomic E-state index is 0.792. The number of nitrogens with two attached hydrogens (primary N) is 1. The van der Waals surface area contributed by atoms with Crippen molar-refractivity contribution in [2.75, 3.05) is 12.3 Å². The van der Waals surface area contributed by atoms with Gasteiger partial charge in [0.25, 0.3) is 0 Å². The van der Waals surface area contributed by atoms with Gasteiger partial charge >= 0.3 is 0 Å². The molecule has 3 heteroatoms. The first-order chi connectivity index (χ1) is 9.22. The first-order valence-electron chi connectivity index (χ1n) is 6.55. The third-order valence-electron chi connectivity index (χ3n) is 3.70. The Morgan fingerprint density at radius 2 is 1.89 bits per heavy atom. The van der Waals surface area contributed by atoms with Crippen LogP contribution in [-0.2, 0) is 19.5 Å². The predicted molar refractivity (Wildman–Crippen MR) is 80.1 cm³/mol. The fraction of sp³-hybridized carbons (Fsp3) is 0.250. The molecule has 0 saturated heterocycles. The molecule has 2 aromatic rings. The zero-order valence-corrected chi connectivity index (χ0v) is 11.5. The Balaban J connectivity index is 1.74. The van der Waals surface area contributed by atoms with E-state index in [1.54, 1.807) is 0 Å². The van der Waals surface area contributed by atoms with Gasteiger partial charge < -0.3 is 5.73 Å². The van der Waals surface area contributed by atoms with Gasteiger partial charge in [0.2, 0.25) is 0 Å². The quantitative estimate of drug-likeness (QED) is 0.848. The number of halogens is 1. The molecule has 0 aliphatic carbocycles. The summed E-state index contributed by atoms with van der Waals surface area (Å²) in [7, 11) is 0. The summed E-state index contributed by atoms with van der Waals surface area (Å²) in [5, 5.41) is 0.792. The topological polar surface area (TPSA) is 29.3 Å². The van der Waals surface area contributed by atoms with Crippen LogP contribution in [0.25, 0.3) is 0 Å². The zero-order valence-electron chi connectivity index (χ0n) is 10.8. The maximum atomic E-state index is 6.02. The van der Waals surface area contributed by atoms with Gasteiger partial charge in [0.05, 0.1) is 0 Å². The summed E-state index contributed by atoms with van der Waals surface area (Å²) >= 11 is 5.91. The molecule has 0 radical (unpaired) electrons. The van der Waals surface area contributed by atoms with Crippen molar-refractivity contribution in [3.05, 3.63) is 64.2 Å². The molecular weight excluding hydrogens is 256 g/mol. The van der Waals surface area contributed by atoms with E-state index in [0.29, 0.717) is 0 Å². The van der Waals surface area contributed by atoms with Gasteiger partial charge in [-0.25, -0.2) is 0 Å². The van der Waals surface area contributed by atoms with Crippen molar-refractivity contribution in [2.24, 2.45) is 0 Å². The molecule has 3 rings (SSSR count). The van der Waals surface area contributed by atoms with Crippen LogP contribution in [-0.4, -0.2) is 11.4 Å². The second kappa shape index (κ2) is 5.24. The Labute approximate surface area is 118 Å². The summed E-state index contributed by atoms with van der Waals surface area (Å²) in [4.78, 5) is 2.45. The van der Waals surface area contributed by atoms with E-state index in [9.17, 15) is 0 Å². The third kappa shape index (κ3) is 2.75. The molecule has 98 valence electrons. The highest BCUT2D eigenvalue weighted by atomic mass is 35.5. The lowest BCUT2D eigenvalue weighted by atomic mass is 9.97. The maximum absolute atomic E-state index is 6.02. The first-order valence-corrected chi connectivity index (χ1v) is 6.93. The summed E-state index contributed by atoms with van der Waals surface area (Å²) in [6, 6.07) is 14.3. The predicted octanol–water partition coefficient (Wildman–Crippen LogP) is 3.48. The van der Waals surface area contributed by atoms with Crippen LogP contribution in [0, 0.1) is 0 Å². The number of hydrogen-bond acceptors (Lipinski definition) is 2. The van der Waals surface area contributed by atoms with Crippen LogP contribution in [0.4, 0.5) is 5.69 Å². The van der Waals surface area contributed by atoms with Crippen LogP contribution < -0.4 is 5.73 Å². The third-order valence-corrected chi connectivity index (χ3v) is 3.95. The molecule has 1 heterocycles. The van der Waals surface area contributed by atoms with Gasteiger partial charge in [-0.2, -0.15) is 0 Å². The van der Waals surface area contributed by atoms with E-state index in [0.717, 1.165) is 36.8 Å². The second-order valence-corrected chi connectivity index (χ2v) is 5.51. The molecule has 2 aromatic carbocycles. The Bertz CT molecular complexity index is 578. The van der Waals surface area contributed by atoms with Crippen LogP contribution in [0.1, 0.15) is 16.7 Å². The highest BCUT2D eigenvalue weighted by Gasteiger charge is 2.17. The van der Waals surface area contributed by atoms with E-state index in [1.165, 1.54) is 16.7 Å². The average Bonchev–Trinajstić information content (AvgIpc) is 2.42. The molecule has 0 amide bonds. The van der Waals surface area contributed by atoms with E-state index in [1.807, 2.05) is 24.3 Å². The van der Waals surface area contributed by atoms with Crippen LogP contribution in [0.15, 0.2) is 42.5 Å². The number of anilines is 1. The van der Waals surface area contributed by atoms with Gasteiger partial charge in [-0.1, -0.05) is 35.9 Å². The van der Waals surface area contributed by atoms with Gasteiger partial charge in [-0.3, -0.25) is 4.90 Å². The Morgan fingerprint density at radius 1 is 1.11 bits per heavy atom. The van der Waals surface area contributed by atoms with Crippen LogP contribution in [0.5, 0.6) is 0 Å². The van der Waals surface area contributed by atoms with Gasteiger partial charge in [0.1, 0.15) is 0 Å². The fourth-order valence-electron chi connectivity index (χ4n) is 2.68. The van der Waals surface area contributed by atoms with Crippen LogP contribution in [0.2, 0.25) is 5.02 Å². The average molecular weight is 273 g/mol. The number of rotatable bonds is 2. The molecule has 0 unspecified atom stereocenters. The monoisotopic (exact) mass is 272 g/mol. The molecule has 0 atom stereocenters. The van der Waals surface area contributed by atoms with E-state index < -0.39 is 0 Å². The number of benzene rings is 2. The second-order valence-electron chi connectivity index (χ2n) is 5.07. The van der Waals surface area contributed by atoms with Gasteiger partial charge in [-0.05, 0) is 41.3 Å². The minimum Gasteiger partial charge on any atom is -0.398 e. The number of nitrogens with zero attached hydrogens (tertiary/aromatic N) is 1. The van der Waals surface area contributed by atoms with Crippen LogP contribution >= 0.6 is 11.6 Å². The normalized spacial score (nSPS) is 15.2. The minimum absolute atomic E-state index is 0.792. The number of hydrogen-bond donors (Lipinski definition) is 1. The summed E-state index contributed by atoms with van der Waals surface area (Å²) in [5.74, 6) is 0. The van der Waals surface area contributed by atoms with Crippen molar-refractivity contribution in [3.63, 3.8) is 0 Å². The number of nitrogen functional groups attached to an aromatic ring is 1. The van der Waals surface area contributed by atoms with Crippen molar-refractivity contribution in [1.82, 2.24) is 4.90 Å². The Morgan fingerprint density at radius 3 is 2.68 bits per heavy atom. The lowest BCUT2D eigenvalue weighted by Gasteiger charge is -2.29. The zero-order chi connectivity index (χ0) is 13.2. The molecule has 19 heavy (non-hydrogen) atoms. The van der Waals surface area contributed by atoms with Crippen molar-refractivity contribution in [1.29, 1.82) is 0 Å². The lowest BCUT2D eigenvalue weighted by molar-refractivity contribution is 0.246. The van der Waals surface area contributed by atoms with Gasteiger partial charge in [-0.15, -0.1) is 0 Å². The standard InChI is InChI=1S/C16H17ClN2/c17-14-6-4-12(5-7-14)10-19-9-8-15-13(11-19)2-1-3-16(15)18/h1-7H,8-11,18H2. The summed E-state index contributed by atoms with van der Waals surface area (Å²) in [5.41, 5.74) is 10.9. The van der Waals surface area contributed by atoms with Crippen molar-refractivity contribution in [3.8, 4) is 0 Å². The molecule has 0 spiro atoms. The highest BCUT2D eigenvalue weighted by molar-refractivity contribution is 6.30. The molecule has 0 aromatic heterocycles. The molecule has 2 nitrogen and oxygen atoms in total. The summed E-state index contributed by atoms with van der Waals surface area (Å²) in [6.45, 7) is 3.00. The van der Waals surface area contributed by atoms with E-state index in [2.05, 4.69) is 23.1 Å².